The van der Waals surface area contributed by atoms with Crippen LogP contribution in [0.15, 0.2) is 12.1 Å². The summed E-state index contributed by atoms with van der Waals surface area (Å²) in [5.74, 6) is 3.32. The molecule has 148 valence electrons. The fourth-order valence-corrected chi connectivity index (χ4v) is 6.58. The molecule has 0 atom stereocenters. The first-order valence-electron chi connectivity index (χ1n) is 10.3. The van der Waals surface area contributed by atoms with Crippen LogP contribution in [0.4, 0.5) is 13.2 Å². The topological polar surface area (TPSA) is 16.1 Å². The number of alkyl halides is 3. The van der Waals surface area contributed by atoms with Crippen molar-refractivity contribution >= 4 is 11.8 Å². The summed E-state index contributed by atoms with van der Waals surface area (Å²) in [5, 5.41) is 0. The van der Waals surface area contributed by atoms with E-state index in [4.69, 9.17) is 0 Å². The Labute approximate surface area is 163 Å². The van der Waals surface area contributed by atoms with E-state index in [0.29, 0.717) is 17.4 Å². The Kier molecular flexibility index (Phi) is 4.51. The molecule has 2 nitrogen and oxygen atoms in total. The van der Waals surface area contributed by atoms with Gasteiger partial charge in [0.1, 0.15) is 5.69 Å². The van der Waals surface area contributed by atoms with Crippen molar-refractivity contribution in [1.29, 1.82) is 0 Å². The van der Waals surface area contributed by atoms with Crippen LogP contribution < -0.4 is 0 Å². The van der Waals surface area contributed by atoms with E-state index in [1.807, 2.05) is 0 Å². The Hall–Kier alpha value is -0.750. The van der Waals surface area contributed by atoms with Crippen LogP contribution in [0.2, 0.25) is 0 Å². The van der Waals surface area contributed by atoms with Crippen molar-refractivity contribution in [3.05, 3.63) is 29.1 Å². The Morgan fingerprint density at radius 2 is 1.70 bits per heavy atom. The van der Waals surface area contributed by atoms with E-state index in [2.05, 4.69) is 21.6 Å². The number of halogens is 3. The van der Waals surface area contributed by atoms with Gasteiger partial charge < -0.3 is 0 Å². The molecule has 3 heterocycles. The molecule has 27 heavy (non-hydrogen) atoms. The summed E-state index contributed by atoms with van der Waals surface area (Å²) in [5.41, 5.74) is 1.75. The standard InChI is InChI=1S/C21H27F3N2S/c22-21(23,24)18-8-7-17(19(25-18)15-1-2-15)14-3-5-16(6-4-14)26-10-9-20(11-26)12-27-13-20/h7-8,14-16H,1-6,9-13H2. The van der Waals surface area contributed by atoms with Crippen LogP contribution in [0.1, 0.15) is 73.7 Å². The number of pyridine rings is 1. The van der Waals surface area contributed by atoms with Crippen molar-refractivity contribution in [3.8, 4) is 0 Å². The maximum Gasteiger partial charge on any atom is 0.433 e. The van der Waals surface area contributed by atoms with Crippen LogP contribution in [0.3, 0.4) is 0 Å². The molecule has 0 amide bonds. The average molecular weight is 397 g/mol. The lowest BCUT2D eigenvalue weighted by molar-refractivity contribution is -0.141. The van der Waals surface area contributed by atoms with E-state index in [0.717, 1.165) is 36.9 Å². The van der Waals surface area contributed by atoms with Crippen molar-refractivity contribution in [1.82, 2.24) is 9.88 Å². The molecule has 4 fully saturated rings. The molecule has 1 aromatic heterocycles. The van der Waals surface area contributed by atoms with Gasteiger partial charge >= 0.3 is 6.18 Å². The van der Waals surface area contributed by atoms with Gasteiger partial charge in [-0.1, -0.05) is 6.07 Å². The Bertz CT molecular complexity index is 704. The summed E-state index contributed by atoms with van der Waals surface area (Å²) in [6.45, 7) is 2.51. The van der Waals surface area contributed by atoms with Crippen molar-refractivity contribution in [2.75, 3.05) is 24.6 Å². The summed E-state index contributed by atoms with van der Waals surface area (Å²) >= 11 is 2.08. The summed E-state index contributed by atoms with van der Waals surface area (Å²) < 4.78 is 39.2. The van der Waals surface area contributed by atoms with E-state index < -0.39 is 11.9 Å². The molecule has 1 spiro atoms. The fraction of sp³-hybridized carbons (Fsp3) is 0.762. The largest absolute Gasteiger partial charge is 0.433 e. The zero-order chi connectivity index (χ0) is 18.6. The summed E-state index contributed by atoms with van der Waals surface area (Å²) in [6.07, 6.45) is 3.54. The first-order chi connectivity index (χ1) is 12.9. The lowest BCUT2D eigenvalue weighted by atomic mass is 9.80. The van der Waals surface area contributed by atoms with E-state index in [1.54, 1.807) is 6.07 Å². The van der Waals surface area contributed by atoms with Gasteiger partial charge in [-0.15, -0.1) is 0 Å². The van der Waals surface area contributed by atoms with Crippen molar-refractivity contribution < 1.29 is 13.2 Å². The molecule has 1 aromatic rings. The fourth-order valence-electron chi connectivity index (χ4n) is 5.33. The predicted octanol–water partition coefficient (Wildman–Crippen LogP) is 5.44. The maximum atomic E-state index is 13.1. The van der Waals surface area contributed by atoms with Crippen LogP contribution in [-0.2, 0) is 6.18 Å². The minimum atomic E-state index is -4.34. The SMILES string of the molecule is FC(F)(F)c1ccc(C2CCC(N3CCC4(CSC4)C3)CC2)c(C2CC2)n1. The predicted molar refractivity (Wildman–Crippen MR) is 102 cm³/mol. The highest BCUT2D eigenvalue weighted by atomic mass is 32.2. The summed E-state index contributed by atoms with van der Waals surface area (Å²) in [6, 6.07) is 3.62. The zero-order valence-corrected chi connectivity index (χ0v) is 16.4. The van der Waals surface area contributed by atoms with Crippen LogP contribution >= 0.6 is 11.8 Å². The first kappa shape index (κ1) is 18.3. The number of rotatable bonds is 3. The van der Waals surface area contributed by atoms with Crippen molar-refractivity contribution in [2.24, 2.45) is 5.41 Å². The van der Waals surface area contributed by atoms with E-state index >= 15 is 0 Å². The van der Waals surface area contributed by atoms with Gasteiger partial charge in [0, 0.05) is 41.1 Å². The molecule has 5 rings (SSSR count). The van der Waals surface area contributed by atoms with Crippen molar-refractivity contribution in [2.45, 2.75) is 69.0 Å². The number of hydrogen-bond acceptors (Lipinski definition) is 3. The highest BCUT2D eigenvalue weighted by molar-refractivity contribution is 8.00. The van der Waals surface area contributed by atoms with Crippen LogP contribution in [0, 0.1) is 5.41 Å². The normalized spacial score (nSPS) is 31.2. The van der Waals surface area contributed by atoms with Gasteiger partial charge in [0.25, 0.3) is 0 Å². The second kappa shape index (κ2) is 6.65. The molecule has 0 bridgehead atoms. The third-order valence-corrected chi connectivity index (χ3v) is 8.78. The first-order valence-corrected chi connectivity index (χ1v) is 11.5. The van der Waals surface area contributed by atoms with Gasteiger partial charge in [-0.3, -0.25) is 4.90 Å². The number of nitrogens with zero attached hydrogens (tertiary/aromatic N) is 2. The maximum absolute atomic E-state index is 13.1. The summed E-state index contributed by atoms with van der Waals surface area (Å²) in [7, 11) is 0. The molecule has 6 heteroatoms. The minimum Gasteiger partial charge on any atom is -0.300 e. The highest BCUT2D eigenvalue weighted by Crippen LogP contribution is 2.49. The van der Waals surface area contributed by atoms with Gasteiger partial charge in [0.15, 0.2) is 0 Å². The van der Waals surface area contributed by atoms with E-state index in [9.17, 15) is 13.2 Å². The van der Waals surface area contributed by atoms with E-state index in [-0.39, 0.29) is 5.92 Å². The lowest BCUT2D eigenvalue weighted by Crippen LogP contribution is -2.42. The quantitative estimate of drug-likeness (QED) is 0.677. The molecule has 0 radical (unpaired) electrons. The summed E-state index contributed by atoms with van der Waals surface area (Å²) in [4.78, 5) is 6.79. The zero-order valence-electron chi connectivity index (χ0n) is 15.6. The second-order valence-electron chi connectivity index (χ2n) is 9.16. The third kappa shape index (κ3) is 3.52. The van der Waals surface area contributed by atoms with Gasteiger partial charge in [0.05, 0.1) is 0 Å². The number of aromatic nitrogens is 1. The number of likely N-dealkylation sites (tertiary alicyclic amines) is 1. The molecule has 0 unspecified atom stereocenters. The number of thioether (sulfide) groups is 1. The van der Waals surface area contributed by atoms with Gasteiger partial charge in [-0.2, -0.15) is 24.9 Å². The highest BCUT2D eigenvalue weighted by Gasteiger charge is 2.45. The molecule has 2 aliphatic heterocycles. The smallest absolute Gasteiger partial charge is 0.300 e. The average Bonchev–Trinajstić information content (AvgIpc) is 3.37. The molecule has 2 saturated carbocycles. The van der Waals surface area contributed by atoms with Crippen LogP contribution in [0.25, 0.3) is 0 Å². The van der Waals surface area contributed by atoms with Crippen LogP contribution in [-0.4, -0.2) is 40.5 Å². The van der Waals surface area contributed by atoms with E-state index in [1.165, 1.54) is 49.9 Å². The molecular formula is C21H27F3N2S. The van der Waals surface area contributed by atoms with Crippen LogP contribution in [0.5, 0.6) is 0 Å². The van der Waals surface area contributed by atoms with Gasteiger partial charge in [-0.25, -0.2) is 4.98 Å². The molecular weight excluding hydrogens is 369 g/mol. The Morgan fingerprint density at radius 3 is 2.26 bits per heavy atom. The third-order valence-electron chi connectivity index (χ3n) is 7.15. The Morgan fingerprint density at radius 1 is 1.00 bits per heavy atom. The van der Waals surface area contributed by atoms with Crippen molar-refractivity contribution in [3.63, 3.8) is 0 Å². The molecule has 0 N–H and O–H groups in total. The molecule has 0 aromatic carbocycles. The molecule has 2 saturated heterocycles. The molecule has 2 aliphatic carbocycles. The molecule has 4 aliphatic rings. The second-order valence-corrected chi connectivity index (χ2v) is 10.1. The monoisotopic (exact) mass is 396 g/mol. The van der Waals surface area contributed by atoms with Gasteiger partial charge in [-0.05, 0) is 69.0 Å². The minimum absolute atomic E-state index is 0.259. The Balaban J connectivity index is 1.27. The number of hydrogen-bond donors (Lipinski definition) is 0. The van der Waals surface area contributed by atoms with Gasteiger partial charge in [0.2, 0.25) is 0 Å². The lowest BCUT2D eigenvalue weighted by Gasteiger charge is -2.40.